The first-order valence-electron chi connectivity index (χ1n) is 13.0. The highest BCUT2D eigenvalue weighted by Crippen LogP contribution is 2.31. The van der Waals surface area contributed by atoms with E-state index in [9.17, 15) is 24.3 Å². The molecule has 2 atom stereocenters. The van der Waals surface area contributed by atoms with Crippen molar-refractivity contribution in [3.63, 3.8) is 0 Å². The fourth-order valence-electron chi connectivity index (χ4n) is 4.65. The van der Waals surface area contributed by atoms with E-state index < -0.39 is 48.3 Å². The molecule has 41 heavy (non-hydrogen) atoms. The number of aliphatic carboxylic acids is 1. The summed E-state index contributed by atoms with van der Waals surface area (Å²) in [5, 5.41) is 18.3. The number of ketones is 1. The number of amides is 1. The number of Topliss-reactive ketones (excluding diaryl/α,β-unsaturated/α-hetero) is 1. The van der Waals surface area contributed by atoms with Crippen LogP contribution in [0.3, 0.4) is 0 Å². The van der Waals surface area contributed by atoms with Crippen molar-refractivity contribution in [2.45, 2.75) is 50.7 Å². The third-order valence-electron chi connectivity index (χ3n) is 6.97. The number of benzene rings is 3. The summed E-state index contributed by atoms with van der Waals surface area (Å²) in [7, 11) is 0. The van der Waals surface area contributed by atoms with Crippen LogP contribution >= 0.6 is 23.2 Å². The second kappa shape index (κ2) is 13.1. The number of esters is 1. The van der Waals surface area contributed by atoms with E-state index in [0.29, 0.717) is 18.6 Å². The third kappa shape index (κ3) is 7.04. The number of nitrogens with one attached hydrogen (secondary N) is 1. The van der Waals surface area contributed by atoms with Gasteiger partial charge in [0.2, 0.25) is 5.60 Å². The molecule has 11 heteroatoms. The highest BCUT2D eigenvalue weighted by atomic mass is 35.5. The Morgan fingerprint density at radius 3 is 2.41 bits per heavy atom. The molecule has 3 aromatic rings. The van der Waals surface area contributed by atoms with Crippen LogP contribution in [0.1, 0.15) is 48.5 Å². The van der Waals surface area contributed by atoms with Crippen LogP contribution in [0.2, 0.25) is 10.0 Å². The zero-order valence-corrected chi connectivity index (χ0v) is 23.7. The lowest BCUT2D eigenvalue weighted by atomic mass is 9.90. The van der Waals surface area contributed by atoms with Gasteiger partial charge in [0.25, 0.3) is 5.91 Å². The lowest BCUT2D eigenvalue weighted by Crippen LogP contribution is -2.53. The van der Waals surface area contributed by atoms with Gasteiger partial charge in [-0.2, -0.15) is 0 Å². The minimum atomic E-state index is -1.47. The lowest BCUT2D eigenvalue weighted by molar-refractivity contribution is -0.148. The average molecular weight is 599 g/mol. The molecular formula is C30H28Cl2N2O7. The van der Waals surface area contributed by atoms with Crippen LogP contribution in [0.25, 0.3) is 10.8 Å². The van der Waals surface area contributed by atoms with Crippen molar-refractivity contribution in [1.82, 2.24) is 5.32 Å². The van der Waals surface area contributed by atoms with E-state index in [0.717, 1.165) is 16.3 Å². The number of halogens is 2. The van der Waals surface area contributed by atoms with Gasteiger partial charge in [0.1, 0.15) is 6.04 Å². The Morgan fingerprint density at radius 1 is 1.02 bits per heavy atom. The quantitative estimate of drug-likeness (QED) is 0.267. The van der Waals surface area contributed by atoms with E-state index in [-0.39, 0.29) is 28.5 Å². The first-order valence-corrected chi connectivity index (χ1v) is 13.8. The maximum atomic E-state index is 13.3. The van der Waals surface area contributed by atoms with Crippen LogP contribution in [0.5, 0.6) is 0 Å². The molecule has 0 aliphatic carbocycles. The summed E-state index contributed by atoms with van der Waals surface area (Å²) in [6.07, 6.45) is 0.943. The van der Waals surface area contributed by atoms with E-state index in [1.165, 1.54) is 12.1 Å². The highest BCUT2D eigenvalue weighted by Gasteiger charge is 2.46. The number of aryl methyl sites for hydroxylation is 1. The van der Waals surface area contributed by atoms with E-state index in [1.54, 1.807) is 13.0 Å². The molecule has 0 radical (unpaired) electrons. The third-order valence-corrected chi connectivity index (χ3v) is 7.60. The highest BCUT2D eigenvalue weighted by molar-refractivity contribution is 6.39. The Bertz CT molecular complexity index is 1500. The molecule has 0 bridgehead atoms. The second-order valence-corrected chi connectivity index (χ2v) is 10.5. The molecule has 1 amide bonds. The van der Waals surface area contributed by atoms with Crippen molar-refractivity contribution >= 4 is 63.3 Å². The summed E-state index contributed by atoms with van der Waals surface area (Å²) in [6, 6.07) is 17.1. The van der Waals surface area contributed by atoms with Gasteiger partial charge in [-0.3, -0.25) is 14.4 Å². The second-order valence-electron chi connectivity index (χ2n) is 9.67. The molecule has 1 unspecified atom stereocenters. The van der Waals surface area contributed by atoms with Crippen LogP contribution in [0, 0.1) is 0 Å². The molecule has 0 aromatic heterocycles. The maximum Gasteiger partial charge on any atom is 0.341 e. The first kappa shape index (κ1) is 30.0. The molecule has 214 valence electrons. The summed E-state index contributed by atoms with van der Waals surface area (Å²) >= 11 is 12.0. The Balaban J connectivity index is 1.38. The predicted octanol–water partition coefficient (Wildman–Crippen LogP) is 5.39. The van der Waals surface area contributed by atoms with E-state index in [2.05, 4.69) is 16.5 Å². The average Bonchev–Trinajstić information content (AvgIpc) is 3.39. The van der Waals surface area contributed by atoms with Gasteiger partial charge in [-0.25, -0.2) is 4.79 Å². The van der Waals surface area contributed by atoms with Crippen molar-refractivity contribution in [3.8, 4) is 0 Å². The van der Waals surface area contributed by atoms with Gasteiger partial charge in [0.15, 0.2) is 12.4 Å². The topological polar surface area (TPSA) is 131 Å². The molecule has 4 rings (SSSR count). The molecule has 1 aliphatic rings. The molecule has 9 nitrogen and oxygen atoms in total. The molecule has 0 saturated heterocycles. The normalized spacial score (nSPS) is 16.9. The summed E-state index contributed by atoms with van der Waals surface area (Å²) in [4.78, 5) is 55.8. The minimum absolute atomic E-state index is 0.0323. The fraction of sp³-hybridized carbons (Fsp3) is 0.300. The van der Waals surface area contributed by atoms with E-state index >= 15 is 0 Å². The number of fused-ring (bicyclic) bond motifs is 1. The maximum absolute atomic E-state index is 13.3. The number of oxime groups is 1. The SMILES string of the molecule is CCC1(C(=O)N[C@@H](CC(=O)O)C(=O)COC(=O)c2c(Cl)cccc2Cl)CC(CCc2cccc3ccccc23)=NO1. The summed E-state index contributed by atoms with van der Waals surface area (Å²) in [5.74, 6) is -3.78. The summed E-state index contributed by atoms with van der Waals surface area (Å²) in [6.45, 7) is 0.942. The monoisotopic (exact) mass is 598 g/mol. The number of carboxylic acids is 1. The molecule has 1 heterocycles. The van der Waals surface area contributed by atoms with Gasteiger partial charge < -0.3 is 20.0 Å². The molecular weight excluding hydrogens is 571 g/mol. The predicted molar refractivity (Wildman–Crippen MR) is 154 cm³/mol. The smallest absolute Gasteiger partial charge is 0.341 e. The zero-order valence-electron chi connectivity index (χ0n) is 22.2. The van der Waals surface area contributed by atoms with Crippen LogP contribution in [-0.2, 0) is 30.4 Å². The van der Waals surface area contributed by atoms with Crippen molar-refractivity contribution in [3.05, 3.63) is 81.8 Å². The van der Waals surface area contributed by atoms with Gasteiger partial charge in [0, 0.05) is 6.42 Å². The number of carboxylic acid groups (broad SMARTS) is 1. The Kier molecular flexibility index (Phi) is 9.62. The Morgan fingerprint density at radius 2 is 1.71 bits per heavy atom. The molecule has 0 saturated carbocycles. The summed E-state index contributed by atoms with van der Waals surface area (Å²) < 4.78 is 5.04. The van der Waals surface area contributed by atoms with Gasteiger partial charge in [-0.05, 0) is 47.7 Å². The van der Waals surface area contributed by atoms with Gasteiger partial charge >= 0.3 is 11.9 Å². The minimum Gasteiger partial charge on any atom is -0.481 e. The van der Waals surface area contributed by atoms with E-state index in [4.69, 9.17) is 32.8 Å². The largest absolute Gasteiger partial charge is 0.481 e. The van der Waals surface area contributed by atoms with Gasteiger partial charge in [0.05, 0.1) is 27.7 Å². The molecule has 2 N–H and O–H groups in total. The summed E-state index contributed by atoms with van der Waals surface area (Å²) in [5.41, 5.74) is 0.304. The number of hydrogen-bond acceptors (Lipinski definition) is 7. The van der Waals surface area contributed by atoms with Crippen LogP contribution < -0.4 is 5.32 Å². The molecule has 0 fully saturated rings. The number of rotatable bonds is 12. The molecule has 1 aliphatic heterocycles. The molecule has 3 aromatic carbocycles. The Hall–Kier alpha value is -3.95. The number of ether oxygens (including phenoxy) is 1. The zero-order chi connectivity index (χ0) is 29.6. The number of carbonyl (C=O) groups excluding carboxylic acids is 3. The van der Waals surface area contributed by atoms with Crippen LogP contribution in [0.4, 0.5) is 0 Å². The first-order chi connectivity index (χ1) is 19.6. The van der Waals surface area contributed by atoms with Crippen molar-refractivity contribution in [1.29, 1.82) is 0 Å². The van der Waals surface area contributed by atoms with Gasteiger partial charge in [-0.1, -0.05) is 83.8 Å². The number of nitrogens with zero attached hydrogens (tertiary/aromatic N) is 1. The molecule has 0 spiro atoms. The number of hydrogen-bond donors (Lipinski definition) is 2. The van der Waals surface area contributed by atoms with Crippen LogP contribution in [-0.4, -0.2) is 52.7 Å². The van der Waals surface area contributed by atoms with Crippen molar-refractivity contribution < 1.29 is 33.9 Å². The fourth-order valence-corrected chi connectivity index (χ4v) is 5.21. The lowest BCUT2D eigenvalue weighted by Gasteiger charge is -2.26. The Labute approximate surface area is 246 Å². The number of carbonyl (C=O) groups is 4. The standard InChI is InChI=1S/C30H28Cl2N2O7/c1-2-30(16-20(34-41-30)14-13-19-9-5-8-18-7-3-4-10-21(18)19)29(39)33-24(15-26(36)37)25(35)17-40-28(38)27-22(31)11-6-12-23(27)32/h3-12,24H,2,13-17H2,1H3,(H,33,39)(H,36,37)/t24-,30?/m0/s1. The van der Waals surface area contributed by atoms with Crippen molar-refractivity contribution in [2.75, 3.05) is 6.61 Å². The van der Waals surface area contributed by atoms with Crippen molar-refractivity contribution in [2.24, 2.45) is 5.16 Å². The van der Waals surface area contributed by atoms with Gasteiger partial charge in [-0.15, -0.1) is 0 Å². The van der Waals surface area contributed by atoms with Crippen LogP contribution in [0.15, 0.2) is 65.8 Å². The van der Waals surface area contributed by atoms with E-state index in [1.807, 2.05) is 36.4 Å².